The van der Waals surface area contributed by atoms with Gasteiger partial charge in [-0.05, 0) is 18.2 Å². The predicted octanol–water partition coefficient (Wildman–Crippen LogP) is 0.417. The Morgan fingerprint density at radius 3 is 2.94 bits per heavy atom. The topological polar surface area (TPSA) is 68.5 Å². The molecular weight excluding hydrogens is 218 g/mol. The lowest BCUT2D eigenvalue weighted by atomic mass is 10.2. The second-order valence-corrected chi connectivity index (χ2v) is 3.75. The minimum atomic E-state index is -0.457. The zero-order chi connectivity index (χ0) is 12.1. The van der Waals surface area contributed by atoms with Gasteiger partial charge in [0.2, 0.25) is 5.91 Å². The van der Waals surface area contributed by atoms with E-state index in [1.165, 1.54) is 6.08 Å². The number of nitrogens with two attached hydrogens (primary N) is 1. The first-order chi connectivity index (χ1) is 8.27. The van der Waals surface area contributed by atoms with E-state index in [0.717, 1.165) is 24.5 Å². The first-order valence-electron chi connectivity index (χ1n) is 5.52. The highest BCUT2D eigenvalue weighted by Crippen LogP contribution is 2.19. The lowest BCUT2D eigenvalue weighted by Crippen LogP contribution is -2.37. The van der Waals surface area contributed by atoms with Crippen molar-refractivity contribution in [2.45, 2.75) is 0 Å². The minimum absolute atomic E-state index is 0.457. The molecule has 1 aromatic heterocycles. The van der Waals surface area contributed by atoms with Gasteiger partial charge in [-0.1, -0.05) is 0 Å². The number of carbonyl (C=O) groups excluding carboxylic acids is 1. The van der Waals surface area contributed by atoms with Gasteiger partial charge < -0.3 is 15.4 Å². The maximum absolute atomic E-state index is 10.7. The van der Waals surface area contributed by atoms with Gasteiger partial charge in [0.1, 0.15) is 5.82 Å². The number of anilines is 1. The average molecular weight is 233 g/mol. The summed E-state index contributed by atoms with van der Waals surface area (Å²) in [6, 6.07) is 3.75. The lowest BCUT2D eigenvalue weighted by molar-refractivity contribution is -0.113. The fourth-order valence-electron chi connectivity index (χ4n) is 1.75. The summed E-state index contributed by atoms with van der Waals surface area (Å²) in [5, 5.41) is 0. The number of aromatic nitrogens is 1. The van der Waals surface area contributed by atoms with E-state index >= 15 is 0 Å². The van der Waals surface area contributed by atoms with Crippen LogP contribution in [0.1, 0.15) is 5.56 Å². The molecule has 0 atom stereocenters. The average Bonchev–Trinajstić information content (AvgIpc) is 2.38. The van der Waals surface area contributed by atoms with Crippen LogP contribution in [0.4, 0.5) is 5.82 Å². The van der Waals surface area contributed by atoms with Crippen molar-refractivity contribution < 1.29 is 9.53 Å². The highest BCUT2D eigenvalue weighted by atomic mass is 16.5. The van der Waals surface area contributed by atoms with Gasteiger partial charge in [-0.2, -0.15) is 0 Å². The number of ether oxygens (including phenoxy) is 1. The van der Waals surface area contributed by atoms with Crippen LogP contribution in [0.2, 0.25) is 0 Å². The quantitative estimate of drug-likeness (QED) is 0.768. The molecule has 1 saturated heterocycles. The number of carbonyl (C=O) groups is 1. The monoisotopic (exact) mass is 233 g/mol. The molecular formula is C12H15N3O2. The Morgan fingerprint density at radius 1 is 1.47 bits per heavy atom. The van der Waals surface area contributed by atoms with Crippen LogP contribution in [0.25, 0.3) is 6.08 Å². The molecule has 0 spiro atoms. The van der Waals surface area contributed by atoms with Crippen LogP contribution in [-0.4, -0.2) is 37.2 Å². The summed E-state index contributed by atoms with van der Waals surface area (Å²) < 4.78 is 5.30. The van der Waals surface area contributed by atoms with Crippen molar-refractivity contribution in [3.05, 3.63) is 30.0 Å². The molecule has 1 fully saturated rings. The number of hydrogen-bond acceptors (Lipinski definition) is 4. The van der Waals surface area contributed by atoms with Crippen LogP contribution in [-0.2, 0) is 9.53 Å². The second-order valence-electron chi connectivity index (χ2n) is 3.75. The van der Waals surface area contributed by atoms with E-state index in [-0.39, 0.29) is 0 Å². The van der Waals surface area contributed by atoms with E-state index in [9.17, 15) is 4.79 Å². The maximum atomic E-state index is 10.7. The molecule has 0 aliphatic carbocycles. The molecule has 1 amide bonds. The molecule has 2 N–H and O–H groups in total. The third-order valence-corrected chi connectivity index (χ3v) is 2.55. The number of amides is 1. The van der Waals surface area contributed by atoms with Gasteiger partial charge in [0.15, 0.2) is 0 Å². The molecule has 1 aliphatic heterocycles. The third kappa shape index (κ3) is 3.04. The Kier molecular flexibility index (Phi) is 3.72. The summed E-state index contributed by atoms with van der Waals surface area (Å²) in [5.74, 6) is 0.412. The van der Waals surface area contributed by atoms with E-state index in [4.69, 9.17) is 10.5 Å². The Hall–Kier alpha value is -1.88. The standard InChI is InChI=1S/C12H15N3O2/c13-11(16)4-3-10-2-1-5-14-12(10)15-6-8-17-9-7-15/h1-5H,6-9H2,(H2,13,16)/b4-3+. The summed E-state index contributed by atoms with van der Waals surface area (Å²) in [7, 11) is 0. The third-order valence-electron chi connectivity index (χ3n) is 2.55. The Labute approximate surface area is 99.9 Å². The largest absolute Gasteiger partial charge is 0.378 e. The molecule has 2 rings (SSSR count). The molecule has 5 nitrogen and oxygen atoms in total. The lowest BCUT2D eigenvalue weighted by Gasteiger charge is -2.28. The van der Waals surface area contributed by atoms with Crippen molar-refractivity contribution in [2.75, 3.05) is 31.2 Å². The summed E-state index contributed by atoms with van der Waals surface area (Å²) in [6.45, 7) is 3.04. The van der Waals surface area contributed by atoms with E-state index in [1.54, 1.807) is 12.3 Å². The summed E-state index contributed by atoms with van der Waals surface area (Å²) in [4.78, 5) is 17.2. The van der Waals surface area contributed by atoms with Crippen molar-refractivity contribution in [1.29, 1.82) is 0 Å². The summed E-state index contributed by atoms with van der Waals surface area (Å²) >= 11 is 0. The first kappa shape index (κ1) is 11.6. The van der Waals surface area contributed by atoms with Crippen LogP contribution >= 0.6 is 0 Å². The molecule has 17 heavy (non-hydrogen) atoms. The predicted molar refractivity (Wildman–Crippen MR) is 65.5 cm³/mol. The van der Waals surface area contributed by atoms with E-state index in [1.807, 2.05) is 12.1 Å². The Balaban J connectivity index is 2.23. The fourth-order valence-corrected chi connectivity index (χ4v) is 1.75. The molecule has 1 aromatic rings. The molecule has 0 unspecified atom stereocenters. The number of primary amides is 1. The van der Waals surface area contributed by atoms with Gasteiger partial charge in [0, 0.05) is 30.9 Å². The van der Waals surface area contributed by atoms with Gasteiger partial charge in [-0.15, -0.1) is 0 Å². The van der Waals surface area contributed by atoms with Gasteiger partial charge in [0.25, 0.3) is 0 Å². The smallest absolute Gasteiger partial charge is 0.241 e. The number of hydrogen-bond donors (Lipinski definition) is 1. The first-order valence-corrected chi connectivity index (χ1v) is 5.52. The van der Waals surface area contributed by atoms with Crippen molar-refractivity contribution >= 4 is 17.8 Å². The number of nitrogens with zero attached hydrogens (tertiary/aromatic N) is 2. The van der Waals surface area contributed by atoms with E-state index < -0.39 is 5.91 Å². The molecule has 2 heterocycles. The Bertz CT molecular complexity index is 426. The molecule has 0 saturated carbocycles. The van der Waals surface area contributed by atoms with Crippen LogP contribution in [0, 0.1) is 0 Å². The second kappa shape index (κ2) is 5.45. The fraction of sp³-hybridized carbons (Fsp3) is 0.333. The van der Waals surface area contributed by atoms with E-state index in [0.29, 0.717) is 13.2 Å². The molecule has 5 heteroatoms. The van der Waals surface area contributed by atoms with Crippen LogP contribution in [0.5, 0.6) is 0 Å². The van der Waals surface area contributed by atoms with Crippen molar-refractivity contribution in [2.24, 2.45) is 5.73 Å². The Morgan fingerprint density at radius 2 is 2.24 bits per heavy atom. The normalized spacial score (nSPS) is 16.4. The highest BCUT2D eigenvalue weighted by Gasteiger charge is 2.14. The maximum Gasteiger partial charge on any atom is 0.241 e. The van der Waals surface area contributed by atoms with Gasteiger partial charge in [-0.3, -0.25) is 4.79 Å². The van der Waals surface area contributed by atoms with Crippen LogP contribution in [0.15, 0.2) is 24.4 Å². The molecule has 1 aliphatic rings. The SMILES string of the molecule is NC(=O)/C=C/c1cccnc1N1CCOCC1. The number of morpholine rings is 1. The highest BCUT2D eigenvalue weighted by molar-refractivity contribution is 5.91. The van der Waals surface area contributed by atoms with Gasteiger partial charge >= 0.3 is 0 Å². The van der Waals surface area contributed by atoms with Gasteiger partial charge in [0.05, 0.1) is 13.2 Å². The number of pyridine rings is 1. The zero-order valence-electron chi connectivity index (χ0n) is 9.50. The van der Waals surface area contributed by atoms with Crippen LogP contribution < -0.4 is 10.6 Å². The van der Waals surface area contributed by atoms with E-state index in [2.05, 4.69) is 9.88 Å². The summed E-state index contributed by atoms with van der Waals surface area (Å²) in [6.07, 6.45) is 4.79. The van der Waals surface area contributed by atoms with Crippen molar-refractivity contribution in [1.82, 2.24) is 4.98 Å². The van der Waals surface area contributed by atoms with Gasteiger partial charge in [-0.25, -0.2) is 4.98 Å². The molecule has 0 aromatic carbocycles. The number of rotatable bonds is 3. The molecule has 90 valence electrons. The summed E-state index contributed by atoms with van der Waals surface area (Å²) in [5.41, 5.74) is 5.99. The minimum Gasteiger partial charge on any atom is -0.378 e. The van der Waals surface area contributed by atoms with Crippen molar-refractivity contribution in [3.8, 4) is 0 Å². The van der Waals surface area contributed by atoms with Crippen molar-refractivity contribution in [3.63, 3.8) is 0 Å². The molecule has 0 bridgehead atoms. The van der Waals surface area contributed by atoms with Crippen LogP contribution in [0.3, 0.4) is 0 Å². The molecule has 0 radical (unpaired) electrons. The zero-order valence-corrected chi connectivity index (χ0v) is 9.50.